The Morgan fingerprint density at radius 2 is 1.83 bits per heavy atom. The van der Waals surface area contributed by atoms with E-state index < -0.39 is 0 Å². The lowest BCUT2D eigenvalue weighted by Crippen LogP contribution is -2.18. The van der Waals surface area contributed by atoms with Gasteiger partial charge < -0.3 is 5.32 Å². The molecule has 3 rings (SSSR count). The van der Waals surface area contributed by atoms with E-state index in [1.165, 1.54) is 16.8 Å². The van der Waals surface area contributed by atoms with Gasteiger partial charge in [0.15, 0.2) is 0 Å². The first kappa shape index (κ1) is 11.3. The number of fused-ring (bicyclic) bond motifs is 1. The van der Waals surface area contributed by atoms with Crippen molar-refractivity contribution in [2.45, 2.75) is 18.8 Å². The minimum Gasteiger partial charge on any atom is -0.385 e. The molecule has 2 aromatic carbocycles. The van der Waals surface area contributed by atoms with Crippen molar-refractivity contribution >= 4 is 5.69 Å². The molecule has 0 spiro atoms. The fourth-order valence-electron chi connectivity index (χ4n) is 2.67. The Bertz CT molecular complexity index is 533. The second kappa shape index (κ2) is 4.81. The molecule has 0 fully saturated rings. The molecular formula is C16H16FN. The molecule has 0 aliphatic carbocycles. The Balaban J connectivity index is 1.84. The summed E-state index contributed by atoms with van der Waals surface area (Å²) >= 11 is 0. The van der Waals surface area contributed by atoms with Crippen molar-refractivity contribution in [3.63, 3.8) is 0 Å². The van der Waals surface area contributed by atoms with Crippen molar-refractivity contribution in [3.05, 3.63) is 65.5 Å². The van der Waals surface area contributed by atoms with Crippen LogP contribution in [-0.4, -0.2) is 6.54 Å². The molecule has 1 unspecified atom stereocenters. The summed E-state index contributed by atoms with van der Waals surface area (Å²) in [5.41, 5.74) is 3.84. The van der Waals surface area contributed by atoms with Crippen molar-refractivity contribution in [1.82, 2.24) is 0 Å². The average molecular weight is 241 g/mol. The third kappa shape index (κ3) is 2.23. The predicted octanol–water partition coefficient (Wildman–Crippen LogP) is 3.97. The highest BCUT2D eigenvalue weighted by Crippen LogP contribution is 2.33. The number of para-hydroxylation sites is 1. The average Bonchev–Trinajstić information content (AvgIpc) is 2.42. The summed E-state index contributed by atoms with van der Waals surface area (Å²) in [6.45, 7) is 1.02. The fraction of sp³-hybridized carbons (Fsp3) is 0.250. The monoisotopic (exact) mass is 241 g/mol. The van der Waals surface area contributed by atoms with Gasteiger partial charge in [-0.05, 0) is 48.1 Å². The summed E-state index contributed by atoms with van der Waals surface area (Å²) in [6.07, 6.45) is 2.12. The summed E-state index contributed by atoms with van der Waals surface area (Å²) < 4.78 is 12.9. The van der Waals surface area contributed by atoms with E-state index in [2.05, 4.69) is 29.6 Å². The lowest BCUT2D eigenvalue weighted by Gasteiger charge is -2.26. The van der Waals surface area contributed by atoms with Crippen LogP contribution >= 0.6 is 0 Å². The van der Waals surface area contributed by atoms with Crippen LogP contribution in [0.5, 0.6) is 0 Å². The zero-order chi connectivity index (χ0) is 12.4. The summed E-state index contributed by atoms with van der Waals surface area (Å²) in [5.74, 6) is 0.373. The first-order valence-electron chi connectivity index (χ1n) is 6.40. The predicted molar refractivity (Wildman–Crippen MR) is 72.4 cm³/mol. The van der Waals surface area contributed by atoms with Crippen LogP contribution in [0.2, 0.25) is 0 Å². The second-order valence-electron chi connectivity index (χ2n) is 4.83. The minimum absolute atomic E-state index is 0.163. The standard InChI is InChI=1S/C16H16FN/c17-14-7-5-12(6-8-14)11-13-9-10-18-16-4-2-1-3-15(13)16/h1-8,13,18H,9-11H2. The second-order valence-corrected chi connectivity index (χ2v) is 4.83. The number of nitrogens with one attached hydrogen (secondary N) is 1. The molecule has 2 aromatic rings. The molecule has 92 valence electrons. The van der Waals surface area contributed by atoms with E-state index in [-0.39, 0.29) is 5.82 Å². The van der Waals surface area contributed by atoms with Gasteiger partial charge in [-0.1, -0.05) is 30.3 Å². The quantitative estimate of drug-likeness (QED) is 0.839. The lowest BCUT2D eigenvalue weighted by molar-refractivity contribution is 0.614. The molecule has 0 saturated heterocycles. The molecule has 18 heavy (non-hydrogen) atoms. The van der Waals surface area contributed by atoms with Gasteiger partial charge in [0.1, 0.15) is 5.82 Å². The molecule has 2 heteroatoms. The van der Waals surface area contributed by atoms with Crippen LogP contribution < -0.4 is 5.32 Å². The van der Waals surface area contributed by atoms with Crippen LogP contribution in [0.15, 0.2) is 48.5 Å². The van der Waals surface area contributed by atoms with Crippen LogP contribution in [0.1, 0.15) is 23.5 Å². The number of anilines is 1. The smallest absolute Gasteiger partial charge is 0.123 e. The van der Waals surface area contributed by atoms with Gasteiger partial charge in [-0.2, -0.15) is 0 Å². The molecule has 1 heterocycles. The molecule has 0 aromatic heterocycles. The summed E-state index contributed by atoms with van der Waals surface area (Å²) in [4.78, 5) is 0. The topological polar surface area (TPSA) is 12.0 Å². The molecule has 1 atom stereocenters. The van der Waals surface area contributed by atoms with Crippen molar-refractivity contribution in [2.75, 3.05) is 11.9 Å². The highest BCUT2D eigenvalue weighted by molar-refractivity contribution is 5.55. The van der Waals surface area contributed by atoms with E-state index in [0.29, 0.717) is 5.92 Å². The Hall–Kier alpha value is -1.83. The van der Waals surface area contributed by atoms with E-state index >= 15 is 0 Å². The van der Waals surface area contributed by atoms with Crippen molar-refractivity contribution in [2.24, 2.45) is 0 Å². The lowest BCUT2D eigenvalue weighted by atomic mass is 9.86. The molecule has 1 nitrogen and oxygen atoms in total. The fourth-order valence-corrected chi connectivity index (χ4v) is 2.67. The van der Waals surface area contributed by atoms with Gasteiger partial charge in [0.2, 0.25) is 0 Å². The molecule has 0 amide bonds. The van der Waals surface area contributed by atoms with Gasteiger partial charge in [0, 0.05) is 12.2 Å². The summed E-state index contributed by atoms with van der Waals surface area (Å²) in [6, 6.07) is 15.3. The SMILES string of the molecule is Fc1ccc(CC2CCNc3ccccc32)cc1. The Labute approximate surface area is 107 Å². The van der Waals surface area contributed by atoms with E-state index in [1.807, 2.05) is 12.1 Å². The van der Waals surface area contributed by atoms with Gasteiger partial charge >= 0.3 is 0 Å². The molecule has 0 saturated carbocycles. The molecular weight excluding hydrogens is 225 g/mol. The van der Waals surface area contributed by atoms with E-state index in [4.69, 9.17) is 0 Å². The van der Waals surface area contributed by atoms with E-state index in [9.17, 15) is 4.39 Å². The van der Waals surface area contributed by atoms with Gasteiger partial charge in [-0.3, -0.25) is 0 Å². The number of benzene rings is 2. The maximum Gasteiger partial charge on any atom is 0.123 e. The van der Waals surface area contributed by atoms with Crippen LogP contribution in [-0.2, 0) is 6.42 Å². The Morgan fingerprint density at radius 1 is 1.06 bits per heavy atom. The first-order chi connectivity index (χ1) is 8.83. The third-order valence-electron chi connectivity index (χ3n) is 3.60. The Kier molecular flexibility index (Phi) is 3.01. The van der Waals surface area contributed by atoms with Gasteiger partial charge in [-0.25, -0.2) is 4.39 Å². The normalized spacial score (nSPS) is 17.9. The van der Waals surface area contributed by atoms with Crippen molar-refractivity contribution in [1.29, 1.82) is 0 Å². The summed E-state index contributed by atoms with van der Waals surface area (Å²) in [5, 5.41) is 3.43. The molecule has 1 aliphatic rings. The molecule has 1 N–H and O–H groups in total. The van der Waals surface area contributed by atoms with E-state index in [0.717, 1.165) is 19.4 Å². The number of hydrogen-bond acceptors (Lipinski definition) is 1. The number of rotatable bonds is 2. The first-order valence-corrected chi connectivity index (χ1v) is 6.40. The van der Waals surface area contributed by atoms with Gasteiger partial charge in [-0.15, -0.1) is 0 Å². The van der Waals surface area contributed by atoms with Crippen LogP contribution in [0, 0.1) is 5.82 Å². The Morgan fingerprint density at radius 3 is 2.67 bits per heavy atom. The largest absolute Gasteiger partial charge is 0.385 e. The maximum absolute atomic E-state index is 12.9. The molecule has 1 aliphatic heterocycles. The van der Waals surface area contributed by atoms with Crippen LogP contribution in [0.3, 0.4) is 0 Å². The number of hydrogen-bond donors (Lipinski definition) is 1. The molecule has 0 radical (unpaired) electrons. The third-order valence-corrected chi connectivity index (χ3v) is 3.60. The van der Waals surface area contributed by atoms with Crippen LogP contribution in [0.25, 0.3) is 0 Å². The highest BCUT2D eigenvalue weighted by atomic mass is 19.1. The van der Waals surface area contributed by atoms with Gasteiger partial charge in [0.05, 0.1) is 0 Å². The molecule has 0 bridgehead atoms. The number of halogens is 1. The van der Waals surface area contributed by atoms with Crippen molar-refractivity contribution < 1.29 is 4.39 Å². The zero-order valence-electron chi connectivity index (χ0n) is 10.2. The van der Waals surface area contributed by atoms with E-state index in [1.54, 1.807) is 12.1 Å². The summed E-state index contributed by atoms with van der Waals surface area (Å²) in [7, 11) is 0. The van der Waals surface area contributed by atoms with Crippen molar-refractivity contribution in [3.8, 4) is 0 Å². The highest BCUT2D eigenvalue weighted by Gasteiger charge is 2.19. The zero-order valence-corrected chi connectivity index (χ0v) is 10.2. The minimum atomic E-state index is -0.163. The maximum atomic E-state index is 12.9. The van der Waals surface area contributed by atoms with Gasteiger partial charge in [0.25, 0.3) is 0 Å². The van der Waals surface area contributed by atoms with Crippen LogP contribution in [0.4, 0.5) is 10.1 Å².